The lowest BCUT2D eigenvalue weighted by atomic mass is 10.1. The Kier molecular flexibility index (Phi) is 7.92. The monoisotopic (exact) mass is 503 g/mol. The maximum Gasteiger partial charge on any atom is 0.337 e. The Morgan fingerprint density at radius 3 is 2.16 bits per heavy atom. The molecule has 0 radical (unpaired) electrons. The van der Waals surface area contributed by atoms with Gasteiger partial charge in [0.1, 0.15) is 11.5 Å². The molecular formula is C28H29N3O6. The van der Waals surface area contributed by atoms with Crippen LogP contribution in [-0.4, -0.2) is 70.2 Å². The quantitative estimate of drug-likeness (QED) is 0.491. The first-order chi connectivity index (χ1) is 17.9. The standard InChI is InChI=1S/C28H29N3O6/c1-35-21-10-11-22(25(18-21)36-2)26(32)29-23-17-20(28(34)37-3)9-12-24(23)30-13-15-31(16-14-30)27(33)19-7-5-4-6-8-19/h4-12,17-18H,13-16H2,1-3H3,(H,29,32). The van der Waals surface area contributed by atoms with Gasteiger partial charge in [-0.1, -0.05) is 18.2 Å². The van der Waals surface area contributed by atoms with Gasteiger partial charge in [-0.25, -0.2) is 4.79 Å². The van der Waals surface area contributed by atoms with Crippen molar-refractivity contribution in [1.82, 2.24) is 4.90 Å². The van der Waals surface area contributed by atoms with E-state index in [4.69, 9.17) is 14.2 Å². The van der Waals surface area contributed by atoms with Crippen LogP contribution in [0.1, 0.15) is 31.1 Å². The van der Waals surface area contributed by atoms with E-state index >= 15 is 0 Å². The van der Waals surface area contributed by atoms with Crippen molar-refractivity contribution < 1.29 is 28.6 Å². The smallest absolute Gasteiger partial charge is 0.337 e. The van der Waals surface area contributed by atoms with Gasteiger partial charge < -0.3 is 29.3 Å². The lowest BCUT2D eigenvalue weighted by molar-refractivity contribution is 0.0600. The maximum absolute atomic E-state index is 13.3. The number of carbonyl (C=O) groups excluding carboxylic acids is 3. The third-order valence-electron chi connectivity index (χ3n) is 6.25. The van der Waals surface area contributed by atoms with Crippen molar-refractivity contribution in [2.24, 2.45) is 0 Å². The predicted octanol–water partition coefficient (Wildman–Crippen LogP) is 3.71. The summed E-state index contributed by atoms with van der Waals surface area (Å²) in [6, 6.07) is 19.1. The Bertz CT molecular complexity index is 1290. The van der Waals surface area contributed by atoms with Gasteiger partial charge >= 0.3 is 5.97 Å². The molecule has 0 spiro atoms. The van der Waals surface area contributed by atoms with Crippen molar-refractivity contribution in [3.63, 3.8) is 0 Å². The number of nitrogens with one attached hydrogen (secondary N) is 1. The van der Waals surface area contributed by atoms with Gasteiger partial charge in [0.05, 0.1) is 43.8 Å². The highest BCUT2D eigenvalue weighted by Gasteiger charge is 2.25. The number of hydrogen-bond acceptors (Lipinski definition) is 7. The van der Waals surface area contributed by atoms with Crippen LogP contribution >= 0.6 is 0 Å². The van der Waals surface area contributed by atoms with Gasteiger partial charge in [0.15, 0.2) is 0 Å². The van der Waals surface area contributed by atoms with E-state index in [0.29, 0.717) is 60.1 Å². The molecule has 1 aliphatic rings. The van der Waals surface area contributed by atoms with Crippen molar-refractivity contribution in [1.29, 1.82) is 0 Å². The fourth-order valence-electron chi connectivity index (χ4n) is 4.25. The summed E-state index contributed by atoms with van der Waals surface area (Å²) in [4.78, 5) is 42.2. The van der Waals surface area contributed by atoms with E-state index in [2.05, 4.69) is 10.2 Å². The molecule has 0 atom stereocenters. The molecule has 0 saturated carbocycles. The topological polar surface area (TPSA) is 97.4 Å². The minimum atomic E-state index is -0.512. The summed E-state index contributed by atoms with van der Waals surface area (Å²) in [6.07, 6.45) is 0. The van der Waals surface area contributed by atoms with Gasteiger partial charge in [0.25, 0.3) is 11.8 Å². The Morgan fingerprint density at radius 1 is 0.784 bits per heavy atom. The van der Waals surface area contributed by atoms with E-state index in [0.717, 1.165) is 5.69 Å². The second kappa shape index (κ2) is 11.5. The highest BCUT2D eigenvalue weighted by atomic mass is 16.5. The molecule has 0 aliphatic carbocycles. The number of esters is 1. The largest absolute Gasteiger partial charge is 0.497 e. The molecule has 192 valence electrons. The van der Waals surface area contributed by atoms with Crippen LogP contribution in [0.4, 0.5) is 11.4 Å². The van der Waals surface area contributed by atoms with Gasteiger partial charge in [0.2, 0.25) is 0 Å². The molecule has 37 heavy (non-hydrogen) atoms. The average Bonchev–Trinajstić information content (AvgIpc) is 2.96. The number of carbonyl (C=O) groups is 3. The van der Waals surface area contributed by atoms with Gasteiger partial charge in [-0.2, -0.15) is 0 Å². The van der Waals surface area contributed by atoms with Crippen LogP contribution in [0, 0.1) is 0 Å². The van der Waals surface area contributed by atoms with E-state index in [-0.39, 0.29) is 5.91 Å². The van der Waals surface area contributed by atoms with Crippen LogP contribution in [-0.2, 0) is 4.74 Å². The van der Waals surface area contributed by atoms with Gasteiger partial charge in [-0.15, -0.1) is 0 Å². The van der Waals surface area contributed by atoms with Crippen LogP contribution in [0.5, 0.6) is 11.5 Å². The summed E-state index contributed by atoms with van der Waals surface area (Å²) < 4.78 is 15.5. The number of amides is 2. The van der Waals surface area contributed by atoms with Crippen molar-refractivity contribution >= 4 is 29.2 Å². The molecule has 1 aliphatic heterocycles. The molecule has 1 heterocycles. The van der Waals surface area contributed by atoms with Crippen LogP contribution in [0.3, 0.4) is 0 Å². The van der Waals surface area contributed by atoms with Crippen molar-refractivity contribution in [2.75, 3.05) is 57.7 Å². The lowest BCUT2D eigenvalue weighted by Gasteiger charge is -2.37. The molecule has 9 heteroatoms. The fourth-order valence-corrected chi connectivity index (χ4v) is 4.25. The summed E-state index contributed by atoms with van der Waals surface area (Å²) in [6.45, 7) is 2.16. The Labute approximate surface area is 215 Å². The number of methoxy groups -OCH3 is 3. The van der Waals surface area contributed by atoms with E-state index < -0.39 is 11.9 Å². The van der Waals surface area contributed by atoms with Crippen molar-refractivity contribution in [3.05, 3.63) is 83.4 Å². The van der Waals surface area contributed by atoms with E-state index in [1.54, 1.807) is 48.5 Å². The summed E-state index contributed by atoms with van der Waals surface area (Å²) in [5.74, 6) is -0.00955. The predicted molar refractivity (Wildman–Crippen MR) is 140 cm³/mol. The Hall–Kier alpha value is -4.53. The molecule has 0 bridgehead atoms. The molecule has 0 unspecified atom stereocenters. The molecule has 0 aromatic heterocycles. The molecule has 3 aromatic carbocycles. The number of piperazine rings is 1. The molecule has 9 nitrogen and oxygen atoms in total. The van der Waals surface area contributed by atoms with Gasteiger partial charge in [-0.05, 0) is 42.5 Å². The van der Waals surface area contributed by atoms with Crippen LogP contribution in [0.15, 0.2) is 66.7 Å². The van der Waals surface area contributed by atoms with Gasteiger partial charge in [-0.3, -0.25) is 9.59 Å². The number of rotatable bonds is 7. The summed E-state index contributed by atoms with van der Waals surface area (Å²) in [7, 11) is 4.32. The van der Waals surface area contributed by atoms with Crippen LogP contribution in [0.2, 0.25) is 0 Å². The molecular weight excluding hydrogens is 474 g/mol. The fraction of sp³-hybridized carbons (Fsp3) is 0.250. The van der Waals surface area contributed by atoms with Crippen molar-refractivity contribution in [2.45, 2.75) is 0 Å². The summed E-state index contributed by atoms with van der Waals surface area (Å²) >= 11 is 0. The number of benzene rings is 3. The lowest BCUT2D eigenvalue weighted by Crippen LogP contribution is -2.49. The SMILES string of the molecule is COC(=O)c1ccc(N2CCN(C(=O)c3ccccc3)CC2)c(NC(=O)c2ccc(OC)cc2OC)c1. The first-order valence-electron chi connectivity index (χ1n) is 11.8. The number of ether oxygens (including phenoxy) is 3. The van der Waals surface area contributed by atoms with E-state index in [1.165, 1.54) is 21.3 Å². The van der Waals surface area contributed by atoms with E-state index in [1.807, 2.05) is 23.1 Å². The Balaban J connectivity index is 1.57. The highest BCUT2D eigenvalue weighted by Crippen LogP contribution is 2.31. The van der Waals surface area contributed by atoms with Gasteiger partial charge in [0, 0.05) is 37.8 Å². The zero-order valence-electron chi connectivity index (χ0n) is 21.0. The molecule has 2 amide bonds. The molecule has 1 saturated heterocycles. The minimum Gasteiger partial charge on any atom is -0.497 e. The third-order valence-corrected chi connectivity index (χ3v) is 6.25. The first kappa shape index (κ1) is 25.6. The molecule has 1 fully saturated rings. The van der Waals surface area contributed by atoms with Crippen LogP contribution < -0.4 is 19.7 Å². The minimum absolute atomic E-state index is 0.0126. The third kappa shape index (κ3) is 5.66. The molecule has 1 N–H and O–H groups in total. The first-order valence-corrected chi connectivity index (χ1v) is 11.8. The van der Waals surface area contributed by atoms with Crippen molar-refractivity contribution in [3.8, 4) is 11.5 Å². The molecule has 4 rings (SSSR count). The highest BCUT2D eigenvalue weighted by molar-refractivity contribution is 6.08. The van der Waals surface area contributed by atoms with Crippen LogP contribution in [0.25, 0.3) is 0 Å². The van der Waals surface area contributed by atoms with E-state index in [9.17, 15) is 14.4 Å². The zero-order valence-corrected chi connectivity index (χ0v) is 21.0. The number of hydrogen-bond donors (Lipinski definition) is 1. The Morgan fingerprint density at radius 2 is 1.51 bits per heavy atom. The number of nitrogens with zero attached hydrogens (tertiary/aromatic N) is 2. The molecule has 3 aromatic rings. The summed E-state index contributed by atoms with van der Waals surface area (Å²) in [5, 5.41) is 2.93. The zero-order chi connectivity index (χ0) is 26.4. The normalized spacial score (nSPS) is 13.1. The average molecular weight is 504 g/mol. The summed E-state index contributed by atoms with van der Waals surface area (Å²) in [5.41, 5.74) is 2.46. The number of anilines is 2. The maximum atomic E-state index is 13.3. The second-order valence-electron chi connectivity index (χ2n) is 8.39. The second-order valence-corrected chi connectivity index (χ2v) is 8.39.